The zero-order valence-corrected chi connectivity index (χ0v) is 10.3. The van der Waals surface area contributed by atoms with Crippen molar-refractivity contribution in [3.63, 3.8) is 0 Å². The van der Waals surface area contributed by atoms with Crippen molar-refractivity contribution in [3.05, 3.63) is 12.2 Å². The van der Waals surface area contributed by atoms with E-state index in [0.29, 0.717) is 0 Å². The zero-order valence-electron chi connectivity index (χ0n) is 10.3. The Bertz CT molecular complexity index is 485. The number of aliphatic carboxylic acids is 1. The molecule has 0 saturated carbocycles. The molecule has 0 bridgehead atoms. The van der Waals surface area contributed by atoms with Gasteiger partial charge in [-0.1, -0.05) is 6.58 Å². The van der Waals surface area contributed by atoms with Crippen molar-refractivity contribution in [1.29, 1.82) is 0 Å². The average Bonchev–Trinajstić information content (AvgIpc) is 2.80. The summed E-state index contributed by atoms with van der Waals surface area (Å²) in [7, 11) is 0. The molecule has 1 N–H and O–H groups in total. The Labute approximate surface area is 109 Å². The van der Waals surface area contributed by atoms with Gasteiger partial charge in [0.05, 0.1) is 12.3 Å². The number of carboxylic acid groups (broad SMARTS) is 1. The minimum atomic E-state index is -1.00. The number of nitrogens with zero attached hydrogens (tertiary/aromatic N) is 2. The molecule has 2 aliphatic heterocycles. The number of amides is 3. The van der Waals surface area contributed by atoms with Gasteiger partial charge in [0.15, 0.2) is 0 Å². The number of imide groups is 1. The number of carbonyl (C=O) groups is 4. The first-order valence-corrected chi connectivity index (χ1v) is 5.93. The van der Waals surface area contributed by atoms with Crippen molar-refractivity contribution in [2.24, 2.45) is 5.92 Å². The highest BCUT2D eigenvalue weighted by Crippen LogP contribution is 2.20. The highest BCUT2D eigenvalue weighted by molar-refractivity contribution is 6.12. The van der Waals surface area contributed by atoms with Gasteiger partial charge in [0, 0.05) is 31.6 Å². The lowest BCUT2D eigenvalue weighted by Crippen LogP contribution is -2.38. The summed E-state index contributed by atoms with van der Waals surface area (Å²) in [5.74, 6) is -2.70. The molecule has 0 aromatic rings. The van der Waals surface area contributed by atoms with Gasteiger partial charge in [-0.15, -0.1) is 0 Å². The average molecular weight is 266 g/mol. The van der Waals surface area contributed by atoms with Crippen LogP contribution in [0.1, 0.15) is 12.8 Å². The highest BCUT2D eigenvalue weighted by atomic mass is 16.4. The molecule has 2 saturated heterocycles. The molecule has 2 fully saturated rings. The molecule has 1 unspecified atom stereocenters. The summed E-state index contributed by atoms with van der Waals surface area (Å²) in [5, 5.41) is 8.84. The number of carbonyl (C=O) groups excluding carboxylic acids is 3. The third-order valence-corrected chi connectivity index (χ3v) is 3.37. The number of hydrogen-bond donors (Lipinski definition) is 1. The van der Waals surface area contributed by atoms with Crippen LogP contribution in [0.25, 0.3) is 0 Å². The van der Waals surface area contributed by atoms with Crippen LogP contribution in [0.4, 0.5) is 0 Å². The van der Waals surface area contributed by atoms with E-state index in [9.17, 15) is 19.2 Å². The first-order chi connectivity index (χ1) is 8.90. The largest absolute Gasteiger partial charge is 0.481 e. The van der Waals surface area contributed by atoms with Crippen molar-refractivity contribution in [2.45, 2.75) is 12.8 Å². The molecule has 0 aromatic heterocycles. The molecule has 2 aliphatic rings. The Balaban J connectivity index is 1.91. The van der Waals surface area contributed by atoms with E-state index in [2.05, 4.69) is 6.58 Å². The molecule has 2 heterocycles. The van der Waals surface area contributed by atoms with E-state index in [1.54, 1.807) is 0 Å². The van der Waals surface area contributed by atoms with Crippen molar-refractivity contribution in [2.75, 3.05) is 19.6 Å². The Morgan fingerprint density at radius 1 is 1.26 bits per heavy atom. The van der Waals surface area contributed by atoms with Crippen LogP contribution in [-0.4, -0.2) is 58.2 Å². The summed E-state index contributed by atoms with van der Waals surface area (Å²) in [6.45, 7) is 3.89. The minimum absolute atomic E-state index is 0.0184. The van der Waals surface area contributed by atoms with Crippen molar-refractivity contribution in [3.8, 4) is 0 Å². The maximum absolute atomic E-state index is 11.6. The normalized spacial score (nSPS) is 23.7. The molecule has 0 radical (unpaired) electrons. The van der Waals surface area contributed by atoms with Crippen LogP contribution < -0.4 is 0 Å². The van der Waals surface area contributed by atoms with Gasteiger partial charge in [0.1, 0.15) is 0 Å². The fourth-order valence-electron chi connectivity index (χ4n) is 2.26. The molecule has 102 valence electrons. The van der Waals surface area contributed by atoms with Crippen LogP contribution in [-0.2, 0) is 19.2 Å². The second-order valence-corrected chi connectivity index (χ2v) is 4.71. The van der Waals surface area contributed by atoms with E-state index >= 15 is 0 Å². The fraction of sp³-hybridized carbons (Fsp3) is 0.500. The van der Waals surface area contributed by atoms with E-state index in [1.807, 2.05) is 0 Å². The van der Waals surface area contributed by atoms with Gasteiger partial charge in [-0.3, -0.25) is 24.1 Å². The summed E-state index contributed by atoms with van der Waals surface area (Å²) in [6.07, 6.45) is -0.00549. The van der Waals surface area contributed by atoms with E-state index in [-0.39, 0.29) is 49.9 Å². The van der Waals surface area contributed by atoms with Crippen LogP contribution in [0.5, 0.6) is 0 Å². The maximum Gasteiger partial charge on any atom is 0.308 e. The van der Waals surface area contributed by atoms with E-state index in [1.165, 1.54) is 4.90 Å². The third kappa shape index (κ3) is 2.49. The Hall–Kier alpha value is -2.18. The summed E-state index contributed by atoms with van der Waals surface area (Å²) in [4.78, 5) is 47.9. The predicted octanol–water partition coefficient (Wildman–Crippen LogP) is -0.765. The Kier molecular flexibility index (Phi) is 3.37. The molecule has 3 amide bonds. The van der Waals surface area contributed by atoms with Crippen LogP contribution in [0.3, 0.4) is 0 Å². The molecule has 0 spiro atoms. The molecule has 0 aliphatic carbocycles. The number of rotatable bonds is 4. The van der Waals surface area contributed by atoms with Crippen molar-refractivity contribution < 1.29 is 24.3 Å². The molecule has 7 heteroatoms. The second kappa shape index (κ2) is 4.83. The maximum atomic E-state index is 11.6. The van der Waals surface area contributed by atoms with Crippen LogP contribution in [0, 0.1) is 5.92 Å². The minimum Gasteiger partial charge on any atom is -0.481 e. The van der Waals surface area contributed by atoms with Gasteiger partial charge in [0.25, 0.3) is 5.91 Å². The van der Waals surface area contributed by atoms with Gasteiger partial charge >= 0.3 is 5.97 Å². The van der Waals surface area contributed by atoms with Gasteiger partial charge in [-0.25, -0.2) is 0 Å². The number of hydrogen-bond acceptors (Lipinski definition) is 4. The van der Waals surface area contributed by atoms with Crippen molar-refractivity contribution in [1.82, 2.24) is 9.80 Å². The van der Waals surface area contributed by atoms with E-state index in [0.717, 1.165) is 4.90 Å². The first kappa shape index (κ1) is 13.3. The summed E-state index contributed by atoms with van der Waals surface area (Å²) < 4.78 is 0. The van der Waals surface area contributed by atoms with Crippen LogP contribution >= 0.6 is 0 Å². The predicted molar refractivity (Wildman–Crippen MR) is 62.8 cm³/mol. The number of likely N-dealkylation sites (tertiary alicyclic amines) is 2. The molecular formula is C12H14N2O5. The smallest absolute Gasteiger partial charge is 0.308 e. The lowest BCUT2D eigenvalue weighted by atomic mass is 10.1. The highest BCUT2D eigenvalue weighted by Gasteiger charge is 2.36. The first-order valence-electron chi connectivity index (χ1n) is 5.93. The number of carboxylic acids is 1. The van der Waals surface area contributed by atoms with Crippen LogP contribution in [0.15, 0.2) is 12.2 Å². The van der Waals surface area contributed by atoms with Crippen molar-refractivity contribution >= 4 is 23.7 Å². The molecule has 0 aromatic carbocycles. The molecule has 2 rings (SSSR count). The fourth-order valence-corrected chi connectivity index (χ4v) is 2.26. The van der Waals surface area contributed by atoms with Gasteiger partial charge in [0.2, 0.25) is 11.8 Å². The molecule has 1 atom stereocenters. The molecule has 7 nitrogen and oxygen atoms in total. The SMILES string of the molecule is C=C1CC(=O)N(CCN2CC(C(=O)O)CC2=O)C1=O. The topological polar surface area (TPSA) is 95.0 Å². The Morgan fingerprint density at radius 3 is 2.42 bits per heavy atom. The lowest BCUT2D eigenvalue weighted by molar-refractivity contribution is -0.142. The lowest BCUT2D eigenvalue weighted by Gasteiger charge is -2.20. The van der Waals surface area contributed by atoms with Gasteiger partial charge < -0.3 is 10.0 Å². The van der Waals surface area contributed by atoms with E-state index in [4.69, 9.17) is 5.11 Å². The Morgan fingerprint density at radius 2 is 1.95 bits per heavy atom. The summed E-state index contributed by atoms with van der Waals surface area (Å²) in [6, 6.07) is 0. The summed E-state index contributed by atoms with van der Waals surface area (Å²) in [5.41, 5.74) is 0.251. The summed E-state index contributed by atoms with van der Waals surface area (Å²) >= 11 is 0. The van der Waals surface area contributed by atoms with E-state index < -0.39 is 17.8 Å². The molecule has 19 heavy (non-hydrogen) atoms. The second-order valence-electron chi connectivity index (χ2n) is 4.71. The third-order valence-electron chi connectivity index (χ3n) is 3.37. The monoisotopic (exact) mass is 266 g/mol. The quantitative estimate of drug-likeness (QED) is 0.533. The van der Waals surface area contributed by atoms with Gasteiger partial charge in [-0.05, 0) is 0 Å². The van der Waals surface area contributed by atoms with Gasteiger partial charge in [-0.2, -0.15) is 0 Å². The van der Waals surface area contributed by atoms with Crippen LogP contribution in [0.2, 0.25) is 0 Å². The molecular weight excluding hydrogens is 252 g/mol. The zero-order chi connectivity index (χ0) is 14.2. The standard InChI is InChI=1S/C12H14N2O5/c1-7-4-10(16)14(11(7)17)3-2-13-6-8(12(18)19)5-9(13)15/h8H,1-6H2,(H,18,19).